The molecule has 31 heavy (non-hydrogen) atoms. The second-order valence-electron chi connectivity index (χ2n) is 8.21. The van der Waals surface area contributed by atoms with Crippen LogP contribution in [0.5, 0.6) is 0 Å². The minimum absolute atomic E-state index is 0.607. The first kappa shape index (κ1) is 20.4. The number of thioether (sulfide) groups is 1. The van der Waals surface area contributed by atoms with Gasteiger partial charge in [-0.2, -0.15) is 0 Å². The quantitative estimate of drug-likeness (QED) is 0.345. The highest BCUT2D eigenvalue weighted by Gasteiger charge is 2.27. The van der Waals surface area contributed by atoms with Gasteiger partial charge in [0.15, 0.2) is 5.16 Å². The number of aromatic nitrogens is 4. The summed E-state index contributed by atoms with van der Waals surface area (Å²) in [5.74, 6) is 4.41. The molecule has 1 saturated heterocycles. The Bertz CT molecular complexity index is 1090. The molecule has 0 saturated carbocycles. The lowest BCUT2D eigenvalue weighted by atomic mass is 9.92. The zero-order valence-corrected chi connectivity index (χ0v) is 19.2. The van der Waals surface area contributed by atoms with E-state index >= 15 is 0 Å². The summed E-state index contributed by atoms with van der Waals surface area (Å²) in [5.41, 5.74) is 0.891. The van der Waals surface area contributed by atoms with Gasteiger partial charge in [0.2, 0.25) is 11.8 Å². The largest absolute Gasteiger partial charge is 0.467 e. The Kier molecular flexibility index (Phi) is 5.87. The maximum atomic E-state index is 5.66. The average molecular weight is 456 g/mol. The van der Waals surface area contributed by atoms with E-state index in [1.54, 1.807) is 35.6 Å². The maximum Gasteiger partial charge on any atom is 0.236 e. The number of hydrogen-bond donors (Lipinski definition) is 0. The van der Waals surface area contributed by atoms with Gasteiger partial charge >= 0.3 is 0 Å². The highest BCUT2D eigenvalue weighted by Crippen LogP contribution is 2.31. The number of thiophene rings is 1. The van der Waals surface area contributed by atoms with Crippen LogP contribution in [-0.2, 0) is 12.3 Å². The van der Waals surface area contributed by atoms with Crippen molar-refractivity contribution in [3.05, 3.63) is 53.6 Å². The van der Waals surface area contributed by atoms with Gasteiger partial charge in [-0.25, -0.2) is 4.98 Å². The summed E-state index contributed by atoms with van der Waals surface area (Å²) in [6.45, 7) is 7.22. The van der Waals surface area contributed by atoms with Gasteiger partial charge in [-0.1, -0.05) is 31.7 Å². The lowest BCUT2D eigenvalue weighted by molar-refractivity contribution is 0.350. The lowest BCUT2D eigenvalue weighted by Crippen LogP contribution is -2.40. The minimum atomic E-state index is 0.607. The topological polar surface area (TPSA) is 73.1 Å². The second-order valence-corrected chi connectivity index (χ2v) is 10.1. The van der Waals surface area contributed by atoms with Crippen molar-refractivity contribution in [1.82, 2.24) is 19.7 Å². The van der Waals surface area contributed by atoms with Gasteiger partial charge in [0.1, 0.15) is 12.0 Å². The Labute approximate surface area is 189 Å². The van der Waals surface area contributed by atoms with Crippen LogP contribution in [0.4, 0.5) is 5.95 Å². The molecule has 4 aromatic heterocycles. The number of anilines is 1. The highest BCUT2D eigenvalue weighted by molar-refractivity contribution is 7.98. The van der Waals surface area contributed by atoms with E-state index in [1.165, 1.54) is 6.42 Å². The van der Waals surface area contributed by atoms with Gasteiger partial charge in [-0.05, 0) is 41.8 Å². The van der Waals surface area contributed by atoms with Crippen LogP contribution in [0.15, 0.2) is 56.2 Å². The fourth-order valence-electron chi connectivity index (χ4n) is 4.17. The van der Waals surface area contributed by atoms with Gasteiger partial charge in [-0.15, -0.1) is 21.5 Å². The molecule has 1 aliphatic heterocycles. The molecule has 7 nitrogen and oxygen atoms in total. The van der Waals surface area contributed by atoms with Crippen molar-refractivity contribution < 1.29 is 8.83 Å². The molecular weight excluding hydrogens is 430 g/mol. The molecule has 1 fully saturated rings. The van der Waals surface area contributed by atoms with Crippen LogP contribution < -0.4 is 4.90 Å². The Hall–Kier alpha value is -2.52. The summed E-state index contributed by atoms with van der Waals surface area (Å²) in [5, 5.41) is 12.0. The zero-order chi connectivity index (χ0) is 21.2. The van der Waals surface area contributed by atoms with E-state index in [-0.39, 0.29) is 0 Å². The third-order valence-electron chi connectivity index (χ3n) is 5.38. The van der Waals surface area contributed by atoms with Crippen LogP contribution in [0.25, 0.3) is 10.8 Å². The van der Waals surface area contributed by atoms with E-state index in [4.69, 9.17) is 8.83 Å². The van der Waals surface area contributed by atoms with Crippen molar-refractivity contribution in [3.63, 3.8) is 0 Å². The molecule has 0 spiro atoms. The fraction of sp³-hybridized carbons (Fsp3) is 0.409. The van der Waals surface area contributed by atoms with Crippen LogP contribution in [-0.4, -0.2) is 32.8 Å². The standard InChI is InChI=1S/C22H25N5O2S2/c1-15-9-16(2)11-26(10-15)21-24-25-22(27(21)12-18-5-3-7-28-18)31-14-17-13-29-20(23-17)19-6-4-8-30-19/h3-8,13,15-16H,9-12,14H2,1-2H3. The van der Waals surface area contributed by atoms with Crippen LogP contribution in [0.2, 0.25) is 0 Å². The van der Waals surface area contributed by atoms with Gasteiger partial charge < -0.3 is 13.7 Å². The molecule has 0 radical (unpaired) electrons. The minimum Gasteiger partial charge on any atom is -0.467 e. The molecule has 0 bridgehead atoms. The van der Waals surface area contributed by atoms with E-state index in [1.807, 2.05) is 29.6 Å². The summed E-state index contributed by atoms with van der Waals surface area (Å²) < 4.78 is 13.4. The molecule has 5 rings (SSSR count). The van der Waals surface area contributed by atoms with Crippen molar-refractivity contribution in [2.24, 2.45) is 11.8 Å². The Morgan fingerprint density at radius 3 is 2.74 bits per heavy atom. The van der Waals surface area contributed by atoms with Gasteiger partial charge in [0, 0.05) is 18.8 Å². The van der Waals surface area contributed by atoms with E-state index in [0.29, 0.717) is 30.0 Å². The van der Waals surface area contributed by atoms with Crippen LogP contribution >= 0.6 is 23.1 Å². The molecule has 9 heteroatoms. The molecule has 5 heterocycles. The monoisotopic (exact) mass is 455 g/mol. The smallest absolute Gasteiger partial charge is 0.236 e. The summed E-state index contributed by atoms with van der Waals surface area (Å²) in [7, 11) is 0. The van der Waals surface area contributed by atoms with Crippen molar-refractivity contribution in [2.45, 2.75) is 37.7 Å². The van der Waals surface area contributed by atoms with Crippen molar-refractivity contribution in [2.75, 3.05) is 18.0 Å². The van der Waals surface area contributed by atoms with E-state index in [0.717, 1.165) is 40.5 Å². The summed E-state index contributed by atoms with van der Waals surface area (Å²) >= 11 is 3.24. The average Bonchev–Trinajstić information content (AvgIpc) is 3.53. The third-order valence-corrected chi connectivity index (χ3v) is 7.23. The summed E-state index contributed by atoms with van der Waals surface area (Å²) in [6.07, 6.45) is 4.69. The van der Waals surface area contributed by atoms with Crippen LogP contribution in [0, 0.1) is 11.8 Å². The summed E-state index contributed by atoms with van der Waals surface area (Å²) in [4.78, 5) is 8.03. The first-order chi connectivity index (χ1) is 15.2. The second kappa shape index (κ2) is 8.92. The number of nitrogens with zero attached hydrogens (tertiary/aromatic N) is 5. The van der Waals surface area contributed by atoms with Crippen LogP contribution in [0.1, 0.15) is 31.7 Å². The van der Waals surface area contributed by atoms with Gasteiger partial charge in [0.25, 0.3) is 0 Å². The predicted octanol–water partition coefficient (Wildman–Crippen LogP) is 5.41. The van der Waals surface area contributed by atoms with Crippen LogP contribution in [0.3, 0.4) is 0 Å². The number of oxazole rings is 1. The number of rotatable bonds is 7. The number of furan rings is 1. The van der Waals surface area contributed by atoms with E-state index in [2.05, 4.69) is 38.5 Å². The van der Waals surface area contributed by atoms with E-state index < -0.39 is 0 Å². The summed E-state index contributed by atoms with van der Waals surface area (Å²) in [6, 6.07) is 7.92. The van der Waals surface area contributed by atoms with E-state index in [9.17, 15) is 0 Å². The lowest BCUT2D eigenvalue weighted by Gasteiger charge is -2.35. The first-order valence-electron chi connectivity index (χ1n) is 10.5. The third kappa shape index (κ3) is 4.57. The Morgan fingerprint density at radius 2 is 2.00 bits per heavy atom. The van der Waals surface area contributed by atoms with Crippen molar-refractivity contribution in [1.29, 1.82) is 0 Å². The molecule has 2 unspecified atom stereocenters. The highest BCUT2D eigenvalue weighted by atomic mass is 32.2. The fourth-order valence-corrected chi connectivity index (χ4v) is 5.64. The molecule has 162 valence electrons. The molecule has 2 atom stereocenters. The first-order valence-corrected chi connectivity index (χ1v) is 12.3. The molecule has 0 aromatic carbocycles. The van der Waals surface area contributed by atoms with Gasteiger partial charge in [-0.3, -0.25) is 4.57 Å². The molecule has 1 aliphatic rings. The zero-order valence-electron chi connectivity index (χ0n) is 17.6. The van der Waals surface area contributed by atoms with Crippen molar-refractivity contribution >= 4 is 29.0 Å². The molecule has 4 aromatic rings. The number of hydrogen-bond acceptors (Lipinski definition) is 8. The molecule has 0 aliphatic carbocycles. The Morgan fingerprint density at radius 1 is 1.13 bits per heavy atom. The number of piperidine rings is 1. The normalized spacial score (nSPS) is 19.2. The predicted molar refractivity (Wildman–Crippen MR) is 122 cm³/mol. The van der Waals surface area contributed by atoms with Crippen molar-refractivity contribution in [3.8, 4) is 10.8 Å². The maximum absolute atomic E-state index is 5.66. The molecular formula is C22H25N5O2S2. The molecule has 0 amide bonds. The SMILES string of the molecule is CC1CC(C)CN(c2nnc(SCc3coc(-c4cccs4)n3)n2Cc2ccco2)C1. The van der Waals surface area contributed by atoms with Gasteiger partial charge in [0.05, 0.1) is 23.4 Å². The molecule has 0 N–H and O–H groups in total. The Balaban J connectivity index is 1.37.